The maximum Gasteiger partial charge on any atom is 0.413 e. The number of nitrogens with one attached hydrogen (secondary N) is 1. The van der Waals surface area contributed by atoms with Crippen molar-refractivity contribution in [3.05, 3.63) is 34.8 Å². The molecule has 1 aliphatic heterocycles. The number of amides is 1. The topological polar surface area (TPSA) is 127 Å². The summed E-state index contributed by atoms with van der Waals surface area (Å²) in [5.74, 6) is -2.76. The summed E-state index contributed by atoms with van der Waals surface area (Å²) in [7, 11) is 3.39. The van der Waals surface area contributed by atoms with Crippen LogP contribution in [0.2, 0.25) is 0 Å². The molecule has 0 fully saturated rings. The van der Waals surface area contributed by atoms with E-state index in [0.717, 1.165) is 4.90 Å². The van der Waals surface area contributed by atoms with Gasteiger partial charge < -0.3 is 25.5 Å². The number of fused-ring (bicyclic) bond motifs is 1. The van der Waals surface area contributed by atoms with Gasteiger partial charge in [-0.3, -0.25) is 9.88 Å². The summed E-state index contributed by atoms with van der Waals surface area (Å²) in [5, 5.41) is 38.8. The number of aliphatic hydroxyl groups excluding tert-OH is 1. The van der Waals surface area contributed by atoms with Gasteiger partial charge in [0.2, 0.25) is 0 Å². The highest BCUT2D eigenvalue weighted by atomic mass is 16.6. The number of allylic oxidation sites excluding steroid dienone is 2. The lowest BCUT2D eigenvalue weighted by atomic mass is 9.56. The Morgan fingerprint density at radius 1 is 1.32 bits per heavy atom. The molecule has 0 unspecified atom stereocenters. The fraction of sp³-hybridized carbons (Fsp3) is 0.500. The minimum Gasteiger partial charge on any atom is -0.512 e. The maximum absolute atomic E-state index is 12.8. The second-order valence-corrected chi connectivity index (χ2v) is 8.74. The number of aliphatic hydroxyl groups is 3. The predicted octanol–water partition coefficient (Wildman–Crippen LogP) is 0.218. The van der Waals surface area contributed by atoms with Gasteiger partial charge in [0.05, 0.1) is 17.0 Å². The molecule has 8 nitrogen and oxygen atoms in total. The molecule has 0 saturated heterocycles. The Hall–Kier alpha value is -2.32. The number of carbonyl (C=O) groups is 1. The smallest absolute Gasteiger partial charge is 0.413 e. The van der Waals surface area contributed by atoms with Gasteiger partial charge in [-0.05, 0) is 52.4 Å². The van der Waals surface area contributed by atoms with Crippen molar-refractivity contribution in [3.8, 4) is 0 Å². The normalized spacial score (nSPS) is 18.8. The van der Waals surface area contributed by atoms with Gasteiger partial charge in [0.1, 0.15) is 21.3 Å². The highest BCUT2D eigenvalue weighted by Gasteiger charge is 2.53. The average molecular weight is 387 g/mol. The summed E-state index contributed by atoms with van der Waals surface area (Å²) in [6.45, 7) is 8.03. The zero-order chi connectivity index (χ0) is 21.7. The number of nitrogens with zero attached hydrogens (tertiary/aromatic N) is 2. The van der Waals surface area contributed by atoms with Gasteiger partial charge in [-0.2, -0.15) is 0 Å². The van der Waals surface area contributed by atoms with Gasteiger partial charge in [-0.25, -0.2) is 4.79 Å². The number of pyridine rings is 1. The van der Waals surface area contributed by atoms with Crippen molar-refractivity contribution in [2.45, 2.75) is 57.9 Å². The van der Waals surface area contributed by atoms with Crippen LogP contribution >= 0.6 is 0 Å². The first-order valence-electron chi connectivity index (χ1n) is 9.01. The van der Waals surface area contributed by atoms with Crippen molar-refractivity contribution in [2.75, 3.05) is 0 Å². The third-order valence-corrected chi connectivity index (χ3v) is 4.45. The molecular weight excluding hydrogens is 360 g/mol. The van der Waals surface area contributed by atoms with E-state index in [1.54, 1.807) is 36.5 Å². The van der Waals surface area contributed by atoms with Crippen LogP contribution in [0.3, 0.4) is 0 Å². The molecule has 10 heteroatoms. The molecule has 0 spiro atoms. The Bertz CT molecular complexity index is 855. The molecule has 4 N–H and O–H groups in total. The van der Waals surface area contributed by atoms with Crippen molar-refractivity contribution in [1.82, 2.24) is 9.88 Å². The van der Waals surface area contributed by atoms with Crippen LogP contribution in [0.4, 0.5) is 4.79 Å². The summed E-state index contributed by atoms with van der Waals surface area (Å²) in [6.07, 6.45) is 0.878. The molecule has 0 aromatic carbocycles. The molecular formula is C18H27B2N3O5. The third-order valence-electron chi connectivity index (χ3n) is 4.45. The first-order valence-corrected chi connectivity index (χ1v) is 9.01. The van der Waals surface area contributed by atoms with E-state index in [1.165, 1.54) is 26.1 Å². The molecule has 2 heterocycles. The van der Waals surface area contributed by atoms with Crippen LogP contribution in [0, 0.1) is 5.41 Å². The molecule has 2 rings (SSSR count). The number of hydrogen-bond donors (Lipinski definition) is 4. The molecule has 0 atom stereocenters. The lowest BCUT2D eigenvalue weighted by Gasteiger charge is -2.50. The molecule has 1 aromatic rings. The van der Waals surface area contributed by atoms with Gasteiger partial charge in [-0.15, -0.1) is 0 Å². The largest absolute Gasteiger partial charge is 0.512 e. The Labute approximate surface area is 166 Å². The minimum atomic E-state index is -2.67. The molecule has 1 aliphatic rings. The van der Waals surface area contributed by atoms with Crippen LogP contribution in [0.15, 0.2) is 18.0 Å². The number of ether oxygens (including phenoxy) is 1. The second kappa shape index (κ2) is 6.93. The van der Waals surface area contributed by atoms with Crippen LogP contribution in [0.25, 0.3) is 5.57 Å². The van der Waals surface area contributed by atoms with E-state index in [0.29, 0.717) is 11.3 Å². The van der Waals surface area contributed by atoms with Crippen LogP contribution < -0.4 is 0 Å². The summed E-state index contributed by atoms with van der Waals surface area (Å²) < 4.78 is 5.38. The van der Waals surface area contributed by atoms with Crippen molar-refractivity contribution in [3.63, 3.8) is 0 Å². The van der Waals surface area contributed by atoms with E-state index in [9.17, 15) is 20.1 Å². The minimum absolute atomic E-state index is 0.00943. The van der Waals surface area contributed by atoms with E-state index in [1.807, 2.05) is 0 Å². The van der Waals surface area contributed by atoms with E-state index in [-0.39, 0.29) is 29.0 Å². The first-order chi connectivity index (χ1) is 12.6. The molecule has 0 aliphatic carbocycles. The summed E-state index contributed by atoms with van der Waals surface area (Å²) in [4.78, 5) is 18.0. The molecule has 0 saturated carbocycles. The lowest BCUT2D eigenvalue weighted by Crippen LogP contribution is -2.67. The molecule has 0 radical (unpaired) electrons. The van der Waals surface area contributed by atoms with E-state index in [4.69, 9.17) is 10.1 Å². The van der Waals surface area contributed by atoms with Gasteiger partial charge in [-0.1, -0.05) is 0 Å². The standard InChI is InChI=1S/C18H27B2N3O5/c1-9(21)14(10(2)24)11-6-12-13(22-8-11)7-17(19,20)23(18(12,26)27)15(25)28-16(3,4)5/h6,8,21,24,26-27H,7,19-20H2,1-5H3/b14-10+,21-9?. The maximum atomic E-state index is 12.8. The van der Waals surface area contributed by atoms with Crippen molar-refractivity contribution in [1.29, 1.82) is 5.41 Å². The highest BCUT2D eigenvalue weighted by Crippen LogP contribution is 2.39. The zero-order valence-corrected chi connectivity index (χ0v) is 17.4. The Morgan fingerprint density at radius 2 is 1.89 bits per heavy atom. The number of carbonyl (C=O) groups excluding carboxylic acids is 1. The van der Waals surface area contributed by atoms with E-state index in [2.05, 4.69) is 4.98 Å². The van der Waals surface area contributed by atoms with Crippen LogP contribution in [-0.2, 0) is 17.1 Å². The number of hydrogen-bond acceptors (Lipinski definition) is 7. The third kappa shape index (κ3) is 4.07. The van der Waals surface area contributed by atoms with Crippen molar-refractivity contribution >= 4 is 33.1 Å². The van der Waals surface area contributed by atoms with Gasteiger partial charge in [0, 0.05) is 23.0 Å². The van der Waals surface area contributed by atoms with Crippen LogP contribution in [-0.4, -0.2) is 63.6 Å². The fourth-order valence-electron chi connectivity index (χ4n) is 3.47. The SMILES string of the molecule is BC1(B)Cc2ncc(/C(C(C)=N)=C(\C)O)cc2C(O)(O)N1C(=O)OC(C)(C)C. The Morgan fingerprint density at radius 3 is 2.36 bits per heavy atom. The summed E-state index contributed by atoms with van der Waals surface area (Å²) in [6, 6.07) is 1.43. The lowest BCUT2D eigenvalue weighted by molar-refractivity contribution is -0.276. The molecule has 28 heavy (non-hydrogen) atoms. The number of rotatable bonds is 2. The Balaban J connectivity index is 2.63. The molecule has 150 valence electrons. The van der Waals surface area contributed by atoms with Crippen LogP contribution in [0.1, 0.15) is 51.4 Å². The van der Waals surface area contributed by atoms with Gasteiger partial charge in [0.15, 0.2) is 0 Å². The zero-order valence-electron chi connectivity index (χ0n) is 17.4. The van der Waals surface area contributed by atoms with Gasteiger partial charge in [0.25, 0.3) is 5.91 Å². The van der Waals surface area contributed by atoms with E-state index < -0.39 is 22.9 Å². The monoisotopic (exact) mass is 387 g/mol. The van der Waals surface area contributed by atoms with Crippen molar-refractivity contribution in [2.24, 2.45) is 0 Å². The quantitative estimate of drug-likeness (QED) is 0.249. The second-order valence-electron chi connectivity index (χ2n) is 8.74. The molecule has 0 bridgehead atoms. The molecule has 1 aromatic heterocycles. The highest BCUT2D eigenvalue weighted by molar-refractivity contribution is 6.41. The number of aromatic nitrogens is 1. The summed E-state index contributed by atoms with van der Waals surface area (Å²) >= 11 is 0. The molecule has 1 amide bonds. The first kappa shape index (κ1) is 22.0. The van der Waals surface area contributed by atoms with E-state index >= 15 is 0 Å². The fourth-order valence-corrected chi connectivity index (χ4v) is 3.47. The van der Waals surface area contributed by atoms with Gasteiger partial charge >= 0.3 is 6.09 Å². The van der Waals surface area contributed by atoms with Crippen LogP contribution in [0.5, 0.6) is 0 Å². The van der Waals surface area contributed by atoms with Crippen molar-refractivity contribution < 1.29 is 24.9 Å². The predicted molar refractivity (Wildman–Crippen MR) is 111 cm³/mol. The summed E-state index contributed by atoms with van der Waals surface area (Å²) in [5.41, 5.74) is 0.294. The average Bonchev–Trinajstić information content (AvgIpc) is 2.43. The Kier molecular flexibility index (Phi) is 5.44.